The highest BCUT2D eigenvalue weighted by Crippen LogP contribution is 2.55. The van der Waals surface area contributed by atoms with Crippen LogP contribution in [0.25, 0.3) is 83.3 Å². The second-order valence-electron chi connectivity index (χ2n) is 14.1. The topological polar surface area (TPSA) is 47.8 Å². The van der Waals surface area contributed by atoms with Gasteiger partial charge in [-0.1, -0.05) is 182 Å². The monoisotopic (exact) mass is 721 g/mol. The molecule has 8 aromatic carbocycles. The summed E-state index contributed by atoms with van der Waals surface area (Å²) < 4.78 is 18.5. The molecule has 0 aliphatic carbocycles. The summed E-state index contributed by atoms with van der Waals surface area (Å²) in [6.07, 6.45) is 0. The number of rotatable bonds is 5. The summed E-state index contributed by atoms with van der Waals surface area (Å²) in [7, 11) is -3.35. The van der Waals surface area contributed by atoms with Crippen LogP contribution < -0.4 is 15.9 Å². The van der Waals surface area contributed by atoms with Gasteiger partial charge in [0.2, 0.25) is 0 Å². The van der Waals surface area contributed by atoms with Crippen molar-refractivity contribution in [3.63, 3.8) is 0 Å². The second-order valence-corrected chi connectivity index (χ2v) is 16.7. The first-order chi connectivity index (χ1) is 27.2. The van der Waals surface area contributed by atoms with Crippen molar-refractivity contribution in [1.29, 1.82) is 0 Å². The SMILES string of the molecule is O=P1(c2ccccc2)c2ccccc2-c2ccc3c4c5ccccc5ccc4n(-c4cc(-c5ccc(-c6ccccc6)cc5)nc(-c5ccccc5)n4)c3c21. The molecule has 4 nitrogen and oxygen atoms in total. The van der Waals surface area contributed by atoms with Crippen molar-refractivity contribution >= 4 is 55.6 Å². The van der Waals surface area contributed by atoms with E-state index in [1.807, 2.05) is 72.8 Å². The number of nitrogens with zero attached hydrogens (tertiary/aromatic N) is 3. The number of hydrogen-bond acceptors (Lipinski definition) is 3. The molecule has 11 rings (SSSR count). The normalized spacial score (nSPS) is 14.7. The van der Waals surface area contributed by atoms with Crippen LogP contribution in [-0.4, -0.2) is 14.5 Å². The molecule has 1 unspecified atom stereocenters. The van der Waals surface area contributed by atoms with E-state index in [-0.39, 0.29) is 0 Å². The lowest BCUT2D eigenvalue weighted by atomic mass is 10.0. The van der Waals surface area contributed by atoms with E-state index in [0.29, 0.717) is 5.82 Å². The molecule has 0 N–H and O–H groups in total. The molecular weight excluding hydrogens is 690 g/mol. The van der Waals surface area contributed by atoms with Crippen molar-refractivity contribution in [2.45, 2.75) is 0 Å². The Morgan fingerprint density at radius 1 is 0.473 bits per heavy atom. The molecule has 5 heteroatoms. The minimum absolute atomic E-state index is 0.623. The van der Waals surface area contributed by atoms with Crippen molar-refractivity contribution in [1.82, 2.24) is 14.5 Å². The molecular formula is C50H32N3OP. The molecule has 258 valence electrons. The minimum Gasteiger partial charge on any atom is -0.309 e. The van der Waals surface area contributed by atoms with Gasteiger partial charge in [-0.15, -0.1) is 0 Å². The smallest absolute Gasteiger partial charge is 0.174 e. The molecule has 0 bridgehead atoms. The van der Waals surface area contributed by atoms with Crippen molar-refractivity contribution in [3.05, 3.63) is 194 Å². The van der Waals surface area contributed by atoms with Gasteiger partial charge in [0.1, 0.15) is 5.82 Å². The number of hydrogen-bond donors (Lipinski definition) is 0. The molecule has 1 atom stereocenters. The highest BCUT2D eigenvalue weighted by molar-refractivity contribution is 7.86. The predicted molar refractivity (Wildman–Crippen MR) is 229 cm³/mol. The standard InChI is InChI=1S/C50H32N3OP/c54-55(38-19-8-3-9-20-38)45-23-13-12-22-40(45)41-29-30-42-47-39-21-11-10-16-35(39)28-31-44(47)53(48(42)49(41)55)46-32-43(51-50(52-46)37-17-6-2-7-18-37)36-26-24-34(25-27-36)33-14-4-1-5-15-33/h1-32H. The van der Waals surface area contributed by atoms with E-state index < -0.39 is 7.14 Å². The summed E-state index contributed by atoms with van der Waals surface area (Å²) >= 11 is 0. The fraction of sp³-hybridized carbons (Fsp3) is 0. The average molecular weight is 722 g/mol. The van der Waals surface area contributed by atoms with E-state index in [1.54, 1.807) is 0 Å². The van der Waals surface area contributed by atoms with Crippen LogP contribution in [0.1, 0.15) is 0 Å². The quantitative estimate of drug-likeness (QED) is 0.166. The first kappa shape index (κ1) is 31.6. The van der Waals surface area contributed by atoms with E-state index in [1.165, 1.54) is 0 Å². The van der Waals surface area contributed by atoms with Crippen LogP contribution in [-0.2, 0) is 4.57 Å². The fourth-order valence-corrected chi connectivity index (χ4v) is 11.8. The molecule has 0 amide bonds. The molecule has 1 aliphatic heterocycles. The zero-order valence-electron chi connectivity index (χ0n) is 29.7. The van der Waals surface area contributed by atoms with E-state index in [9.17, 15) is 0 Å². The van der Waals surface area contributed by atoms with E-state index in [0.717, 1.165) is 93.4 Å². The van der Waals surface area contributed by atoms with Gasteiger partial charge in [0.25, 0.3) is 0 Å². The van der Waals surface area contributed by atoms with Gasteiger partial charge >= 0.3 is 0 Å². The molecule has 0 spiro atoms. The Labute approximate surface area is 318 Å². The molecule has 0 radical (unpaired) electrons. The van der Waals surface area contributed by atoms with Gasteiger partial charge in [-0.05, 0) is 39.1 Å². The number of fused-ring (bicyclic) bond motifs is 9. The molecule has 10 aromatic rings. The van der Waals surface area contributed by atoms with Gasteiger partial charge in [0.15, 0.2) is 13.0 Å². The van der Waals surface area contributed by atoms with Crippen molar-refractivity contribution in [2.75, 3.05) is 0 Å². The minimum atomic E-state index is -3.35. The third-order valence-electron chi connectivity index (χ3n) is 11.0. The third kappa shape index (κ3) is 4.82. The highest BCUT2D eigenvalue weighted by Gasteiger charge is 2.43. The lowest BCUT2D eigenvalue weighted by Crippen LogP contribution is -2.22. The largest absolute Gasteiger partial charge is 0.309 e. The maximum atomic E-state index is 16.3. The zero-order chi connectivity index (χ0) is 36.5. The summed E-state index contributed by atoms with van der Waals surface area (Å²) in [6.45, 7) is 0. The zero-order valence-corrected chi connectivity index (χ0v) is 30.6. The molecule has 0 saturated heterocycles. The summed E-state index contributed by atoms with van der Waals surface area (Å²) in [5.74, 6) is 1.34. The van der Waals surface area contributed by atoms with Gasteiger partial charge in [0, 0.05) is 38.6 Å². The molecule has 1 aliphatic rings. The Hall–Kier alpha value is -6.87. The first-order valence-corrected chi connectivity index (χ1v) is 20.2. The van der Waals surface area contributed by atoms with Crippen molar-refractivity contribution < 1.29 is 4.57 Å². The van der Waals surface area contributed by atoms with Crippen LogP contribution in [0.5, 0.6) is 0 Å². The van der Waals surface area contributed by atoms with E-state index in [2.05, 4.69) is 126 Å². The van der Waals surface area contributed by atoms with Crippen LogP contribution >= 0.6 is 7.14 Å². The Bertz CT molecular complexity index is 3160. The maximum absolute atomic E-state index is 16.3. The second kappa shape index (κ2) is 12.3. The summed E-state index contributed by atoms with van der Waals surface area (Å²) in [5, 5.41) is 6.99. The van der Waals surface area contributed by atoms with Crippen LogP contribution in [0.3, 0.4) is 0 Å². The predicted octanol–water partition coefficient (Wildman–Crippen LogP) is 11.3. The molecule has 0 fully saturated rings. The van der Waals surface area contributed by atoms with Gasteiger partial charge < -0.3 is 4.57 Å². The number of aromatic nitrogens is 3. The van der Waals surface area contributed by atoms with Gasteiger partial charge in [-0.25, -0.2) is 9.97 Å². The van der Waals surface area contributed by atoms with Crippen molar-refractivity contribution in [3.8, 4) is 50.7 Å². The Balaban J connectivity index is 1.26. The molecule has 2 aromatic heterocycles. The number of benzene rings is 8. The maximum Gasteiger partial charge on any atom is 0.174 e. The van der Waals surface area contributed by atoms with Crippen LogP contribution in [0, 0.1) is 0 Å². The third-order valence-corrected chi connectivity index (χ3v) is 14.2. The Kier molecular flexibility index (Phi) is 7.10. The van der Waals surface area contributed by atoms with E-state index >= 15 is 4.57 Å². The Morgan fingerprint density at radius 2 is 1.11 bits per heavy atom. The molecule has 55 heavy (non-hydrogen) atoms. The highest BCUT2D eigenvalue weighted by atomic mass is 31.2. The lowest BCUT2D eigenvalue weighted by molar-refractivity contribution is 0.593. The summed E-state index contributed by atoms with van der Waals surface area (Å²) in [6, 6.07) is 66.8. The van der Waals surface area contributed by atoms with Crippen LogP contribution in [0.15, 0.2) is 194 Å². The Morgan fingerprint density at radius 3 is 1.89 bits per heavy atom. The summed E-state index contributed by atoms with van der Waals surface area (Å²) in [5.41, 5.74) is 8.94. The fourth-order valence-electron chi connectivity index (χ4n) is 8.51. The average Bonchev–Trinajstić information content (AvgIpc) is 3.75. The lowest BCUT2D eigenvalue weighted by Gasteiger charge is -2.19. The van der Waals surface area contributed by atoms with E-state index in [4.69, 9.17) is 9.97 Å². The summed E-state index contributed by atoms with van der Waals surface area (Å²) in [4.78, 5) is 10.6. The molecule has 0 saturated carbocycles. The van der Waals surface area contributed by atoms with Gasteiger partial charge in [-0.2, -0.15) is 0 Å². The first-order valence-electron chi connectivity index (χ1n) is 18.5. The van der Waals surface area contributed by atoms with Gasteiger partial charge in [0.05, 0.1) is 22.0 Å². The van der Waals surface area contributed by atoms with Crippen LogP contribution in [0.4, 0.5) is 0 Å². The van der Waals surface area contributed by atoms with Gasteiger partial charge in [-0.3, -0.25) is 4.57 Å². The molecule has 3 heterocycles. The van der Waals surface area contributed by atoms with Crippen LogP contribution in [0.2, 0.25) is 0 Å². The van der Waals surface area contributed by atoms with Crippen molar-refractivity contribution in [2.24, 2.45) is 0 Å².